The SMILES string of the molecule is Cc1cn2nc(Br)cc(Br)c2n1. The molecule has 5 heteroatoms. The van der Waals surface area contributed by atoms with Gasteiger partial charge in [-0.15, -0.1) is 0 Å². The molecule has 0 aliphatic rings. The van der Waals surface area contributed by atoms with Gasteiger partial charge in [0.15, 0.2) is 5.65 Å². The molecule has 0 aliphatic heterocycles. The van der Waals surface area contributed by atoms with Crippen molar-refractivity contribution in [2.24, 2.45) is 0 Å². The van der Waals surface area contributed by atoms with Gasteiger partial charge in [0.05, 0.1) is 16.4 Å². The highest BCUT2D eigenvalue weighted by molar-refractivity contribution is 9.11. The summed E-state index contributed by atoms with van der Waals surface area (Å²) in [6, 6.07) is 1.88. The lowest BCUT2D eigenvalue weighted by Crippen LogP contribution is -1.90. The van der Waals surface area contributed by atoms with Gasteiger partial charge in [0, 0.05) is 0 Å². The summed E-state index contributed by atoms with van der Waals surface area (Å²) in [6.07, 6.45) is 1.88. The molecule has 3 nitrogen and oxygen atoms in total. The minimum absolute atomic E-state index is 0.791. The van der Waals surface area contributed by atoms with E-state index in [-0.39, 0.29) is 0 Å². The van der Waals surface area contributed by atoms with Crippen molar-refractivity contribution in [2.45, 2.75) is 6.92 Å². The maximum Gasteiger partial charge on any atom is 0.168 e. The van der Waals surface area contributed by atoms with Gasteiger partial charge in [-0.2, -0.15) is 5.10 Å². The van der Waals surface area contributed by atoms with Crippen LogP contribution in [0.1, 0.15) is 5.69 Å². The van der Waals surface area contributed by atoms with Crippen molar-refractivity contribution in [2.75, 3.05) is 0 Å². The minimum atomic E-state index is 0.791. The van der Waals surface area contributed by atoms with Crippen LogP contribution in [0.3, 0.4) is 0 Å². The maximum atomic E-state index is 4.29. The summed E-state index contributed by atoms with van der Waals surface area (Å²) in [6.45, 7) is 1.94. The van der Waals surface area contributed by atoms with E-state index in [1.165, 1.54) is 0 Å². The normalized spacial score (nSPS) is 10.9. The van der Waals surface area contributed by atoms with Crippen LogP contribution in [0.2, 0.25) is 0 Å². The van der Waals surface area contributed by atoms with Crippen LogP contribution in [0.5, 0.6) is 0 Å². The molecular weight excluding hydrogens is 286 g/mol. The lowest BCUT2D eigenvalue weighted by molar-refractivity contribution is 0.911. The molecule has 0 N–H and O–H groups in total. The third kappa shape index (κ3) is 1.27. The first kappa shape index (κ1) is 8.19. The van der Waals surface area contributed by atoms with Gasteiger partial charge in [0.1, 0.15) is 4.60 Å². The Morgan fingerprint density at radius 2 is 2.17 bits per heavy atom. The first-order valence-corrected chi connectivity index (χ1v) is 4.93. The summed E-state index contributed by atoms with van der Waals surface area (Å²) in [7, 11) is 0. The molecule has 2 rings (SSSR count). The fourth-order valence-corrected chi connectivity index (χ4v) is 2.22. The van der Waals surface area contributed by atoms with Crippen molar-refractivity contribution in [3.63, 3.8) is 0 Å². The first-order chi connectivity index (χ1) is 5.66. The highest BCUT2D eigenvalue weighted by Gasteiger charge is 2.03. The number of hydrogen-bond acceptors (Lipinski definition) is 2. The molecule has 2 heterocycles. The molecule has 0 amide bonds. The zero-order chi connectivity index (χ0) is 8.72. The quantitative estimate of drug-likeness (QED) is 0.746. The fraction of sp³-hybridized carbons (Fsp3) is 0.143. The molecule has 0 radical (unpaired) electrons. The Morgan fingerprint density at radius 1 is 1.42 bits per heavy atom. The largest absolute Gasteiger partial charge is 0.231 e. The van der Waals surface area contributed by atoms with Gasteiger partial charge in [-0.3, -0.25) is 0 Å². The van der Waals surface area contributed by atoms with Gasteiger partial charge >= 0.3 is 0 Å². The molecule has 0 bridgehead atoms. The Morgan fingerprint density at radius 3 is 2.92 bits per heavy atom. The van der Waals surface area contributed by atoms with Crippen LogP contribution in [0.15, 0.2) is 21.3 Å². The second-order valence-electron chi connectivity index (χ2n) is 2.47. The van der Waals surface area contributed by atoms with Crippen LogP contribution in [0, 0.1) is 6.92 Å². The predicted octanol–water partition coefficient (Wildman–Crippen LogP) is 2.56. The van der Waals surface area contributed by atoms with Crippen LogP contribution in [-0.4, -0.2) is 14.6 Å². The topological polar surface area (TPSA) is 30.2 Å². The number of fused-ring (bicyclic) bond motifs is 1. The van der Waals surface area contributed by atoms with Crippen molar-refractivity contribution < 1.29 is 0 Å². The van der Waals surface area contributed by atoms with E-state index in [1.807, 2.05) is 19.2 Å². The average molecular weight is 291 g/mol. The third-order valence-electron chi connectivity index (χ3n) is 1.47. The highest BCUT2D eigenvalue weighted by Crippen LogP contribution is 2.19. The second kappa shape index (κ2) is 2.81. The third-order valence-corrected chi connectivity index (χ3v) is 2.44. The summed E-state index contributed by atoms with van der Waals surface area (Å²) >= 11 is 6.71. The van der Waals surface area contributed by atoms with Crippen molar-refractivity contribution in [1.82, 2.24) is 14.6 Å². The van der Waals surface area contributed by atoms with Crippen molar-refractivity contribution in [3.8, 4) is 0 Å². The number of nitrogens with zero attached hydrogens (tertiary/aromatic N) is 3. The van der Waals surface area contributed by atoms with E-state index in [9.17, 15) is 0 Å². The van der Waals surface area contributed by atoms with Crippen LogP contribution in [-0.2, 0) is 0 Å². The van der Waals surface area contributed by atoms with E-state index in [2.05, 4.69) is 41.9 Å². The molecule has 0 aliphatic carbocycles. The van der Waals surface area contributed by atoms with E-state index < -0.39 is 0 Å². The zero-order valence-corrected chi connectivity index (χ0v) is 9.42. The number of aryl methyl sites for hydroxylation is 1. The van der Waals surface area contributed by atoms with Crippen LogP contribution < -0.4 is 0 Å². The lowest BCUT2D eigenvalue weighted by atomic mass is 10.6. The monoisotopic (exact) mass is 289 g/mol. The molecule has 62 valence electrons. The Labute approximate surface area is 86.1 Å². The van der Waals surface area contributed by atoms with Gasteiger partial charge in [-0.1, -0.05) is 0 Å². The molecule has 0 fully saturated rings. The molecule has 0 unspecified atom stereocenters. The summed E-state index contributed by atoms with van der Waals surface area (Å²) in [5, 5.41) is 4.20. The van der Waals surface area contributed by atoms with E-state index >= 15 is 0 Å². The van der Waals surface area contributed by atoms with Gasteiger partial charge in [0.25, 0.3) is 0 Å². The molecule has 0 saturated heterocycles. The lowest BCUT2D eigenvalue weighted by Gasteiger charge is -1.95. The minimum Gasteiger partial charge on any atom is -0.231 e. The number of hydrogen-bond donors (Lipinski definition) is 0. The van der Waals surface area contributed by atoms with Gasteiger partial charge in [-0.05, 0) is 44.8 Å². The van der Waals surface area contributed by atoms with Crippen molar-refractivity contribution >= 4 is 37.5 Å². The Bertz CT molecular complexity index is 435. The number of rotatable bonds is 0. The van der Waals surface area contributed by atoms with E-state index in [1.54, 1.807) is 4.52 Å². The van der Waals surface area contributed by atoms with Crippen molar-refractivity contribution in [3.05, 3.63) is 27.0 Å². The van der Waals surface area contributed by atoms with Crippen LogP contribution in [0.25, 0.3) is 5.65 Å². The Balaban J connectivity index is 2.88. The van der Waals surface area contributed by atoms with Gasteiger partial charge < -0.3 is 0 Å². The zero-order valence-electron chi connectivity index (χ0n) is 6.25. The molecular formula is C7H5Br2N3. The Hall–Kier alpha value is -0.420. The average Bonchev–Trinajstić information content (AvgIpc) is 2.29. The van der Waals surface area contributed by atoms with E-state index in [0.29, 0.717) is 0 Å². The first-order valence-electron chi connectivity index (χ1n) is 3.35. The molecule has 2 aromatic heterocycles. The smallest absolute Gasteiger partial charge is 0.168 e. The molecule has 0 aromatic carbocycles. The maximum absolute atomic E-state index is 4.29. The molecule has 0 saturated carbocycles. The van der Waals surface area contributed by atoms with Crippen LogP contribution >= 0.6 is 31.9 Å². The molecule has 12 heavy (non-hydrogen) atoms. The van der Waals surface area contributed by atoms with Gasteiger partial charge in [0.2, 0.25) is 0 Å². The second-order valence-corrected chi connectivity index (χ2v) is 4.13. The summed E-state index contributed by atoms with van der Waals surface area (Å²) < 4.78 is 3.47. The molecule has 2 aromatic rings. The number of halogens is 2. The molecule has 0 atom stereocenters. The predicted molar refractivity (Wildman–Crippen MR) is 53.1 cm³/mol. The fourth-order valence-electron chi connectivity index (χ4n) is 1.03. The van der Waals surface area contributed by atoms with Gasteiger partial charge in [-0.25, -0.2) is 9.50 Å². The Kier molecular flexibility index (Phi) is 1.92. The van der Waals surface area contributed by atoms with E-state index in [4.69, 9.17) is 0 Å². The summed E-state index contributed by atoms with van der Waals surface area (Å²) in [4.78, 5) is 4.29. The van der Waals surface area contributed by atoms with Crippen LogP contribution in [0.4, 0.5) is 0 Å². The van der Waals surface area contributed by atoms with Crippen molar-refractivity contribution in [1.29, 1.82) is 0 Å². The van der Waals surface area contributed by atoms with E-state index in [0.717, 1.165) is 20.4 Å². The number of aromatic nitrogens is 3. The highest BCUT2D eigenvalue weighted by atomic mass is 79.9. The number of imidazole rings is 1. The summed E-state index contributed by atoms with van der Waals surface area (Å²) in [5.41, 5.74) is 1.80. The standard InChI is InChI=1S/C7H5Br2N3/c1-4-3-12-7(10-4)5(8)2-6(9)11-12/h2-3H,1H3. The molecule has 0 spiro atoms. The summed E-state index contributed by atoms with van der Waals surface area (Å²) in [5.74, 6) is 0.